The van der Waals surface area contributed by atoms with Crippen LogP contribution in [0, 0.1) is 0 Å². The highest BCUT2D eigenvalue weighted by atomic mass is 16.3. The van der Waals surface area contributed by atoms with Crippen molar-refractivity contribution in [1.82, 2.24) is 9.97 Å². The number of fused-ring (bicyclic) bond motifs is 1. The minimum Gasteiger partial charge on any atom is -0.388 e. The van der Waals surface area contributed by atoms with Gasteiger partial charge in [-0.3, -0.25) is 9.97 Å². The van der Waals surface area contributed by atoms with E-state index in [9.17, 15) is 5.11 Å². The van der Waals surface area contributed by atoms with E-state index in [-0.39, 0.29) is 0 Å². The SMILES string of the molecule is C=C(C)CC(O)c1cccc2nccnc12. The maximum Gasteiger partial charge on any atom is 0.0944 e. The monoisotopic (exact) mass is 214 g/mol. The fourth-order valence-corrected chi connectivity index (χ4v) is 1.72. The van der Waals surface area contributed by atoms with E-state index in [2.05, 4.69) is 16.5 Å². The van der Waals surface area contributed by atoms with Gasteiger partial charge in [0, 0.05) is 18.0 Å². The topological polar surface area (TPSA) is 46.0 Å². The highest BCUT2D eigenvalue weighted by Gasteiger charge is 2.12. The molecule has 3 heteroatoms. The number of para-hydroxylation sites is 1. The third kappa shape index (κ3) is 2.09. The molecule has 1 aromatic heterocycles. The maximum atomic E-state index is 10.1. The molecule has 0 saturated heterocycles. The van der Waals surface area contributed by atoms with Crippen LogP contribution in [0.5, 0.6) is 0 Å². The average molecular weight is 214 g/mol. The fraction of sp³-hybridized carbons (Fsp3) is 0.231. The molecule has 0 aliphatic carbocycles. The summed E-state index contributed by atoms with van der Waals surface area (Å²) in [5.41, 5.74) is 3.33. The molecule has 16 heavy (non-hydrogen) atoms. The van der Waals surface area contributed by atoms with Crippen molar-refractivity contribution in [3.8, 4) is 0 Å². The molecule has 0 saturated carbocycles. The summed E-state index contributed by atoms with van der Waals surface area (Å²) < 4.78 is 0. The molecule has 1 aromatic carbocycles. The highest BCUT2D eigenvalue weighted by molar-refractivity contribution is 5.77. The Bertz CT molecular complexity index is 517. The van der Waals surface area contributed by atoms with Crippen molar-refractivity contribution in [2.45, 2.75) is 19.4 Å². The van der Waals surface area contributed by atoms with Crippen molar-refractivity contribution in [1.29, 1.82) is 0 Å². The molecule has 0 amide bonds. The molecule has 1 N–H and O–H groups in total. The minimum atomic E-state index is -0.558. The fourth-order valence-electron chi connectivity index (χ4n) is 1.72. The summed E-state index contributed by atoms with van der Waals surface area (Å²) in [7, 11) is 0. The van der Waals surface area contributed by atoms with Gasteiger partial charge in [0.05, 0.1) is 17.1 Å². The van der Waals surface area contributed by atoms with Gasteiger partial charge in [0.2, 0.25) is 0 Å². The van der Waals surface area contributed by atoms with Crippen LogP contribution < -0.4 is 0 Å². The number of hydrogen-bond acceptors (Lipinski definition) is 3. The molecule has 0 radical (unpaired) electrons. The van der Waals surface area contributed by atoms with Crippen molar-refractivity contribution in [3.63, 3.8) is 0 Å². The van der Waals surface area contributed by atoms with E-state index >= 15 is 0 Å². The lowest BCUT2D eigenvalue weighted by atomic mass is 10.0. The van der Waals surface area contributed by atoms with Crippen LogP contribution in [-0.2, 0) is 0 Å². The molecule has 2 aromatic rings. The number of hydrogen-bond donors (Lipinski definition) is 1. The first kappa shape index (κ1) is 10.8. The summed E-state index contributed by atoms with van der Waals surface area (Å²) in [6.45, 7) is 5.71. The van der Waals surface area contributed by atoms with Crippen LogP contribution in [0.2, 0.25) is 0 Å². The predicted molar refractivity (Wildman–Crippen MR) is 63.9 cm³/mol. The zero-order chi connectivity index (χ0) is 11.5. The van der Waals surface area contributed by atoms with Crippen LogP contribution in [-0.4, -0.2) is 15.1 Å². The molecule has 3 nitrogen and oxygen atoms in total. The standard InChI is InChI=1S/C13H14N2O/c1-9(2)8-12(16)10-4-3-5-11-13(10)15-7-6-14-11/h3-7,12,16H,1,8H2,2H3. The van der Waals surface area contributed by atoms with Gasteiger partial charge in [-0.2, -0.15) is 0 Å². The first-order valence-corrected chi connectivity index (χ1v) is 5.20. The Morgan fingerprint density at radius 3 is 2.88 bits per heavy atom. The Morgan fingerprint density at radius 2 is 2.12 bits per heavy atom. The third-order valence-electron chi connectivity index (χ3n) is 2.43. The van der Waals surface area contributed by atoms with Crippen LogP contribution in [0.3, 0.4) is 0 Å². The highest BCUT2D eigenvalue weighted by Crippen LogP contribution is 2.25. The summed E-state index contributed by atoms with van der Waals surface area (Å²) in [5.74, 6) is 0. The molecule has 0 aliphatic heterocycles. The van der Waals surface area contributed by atoms with Gasteiger partial charge < -0.3 is 5.11 Å². The zero-order valence-corrected chi connectivity index (χ0v) is 9.22. The molecule has 1 unspecified atom stereocenters. The summed E-state index contributed by atoms with van der Waals surface area (Å²) >= 11 is 0. The van der Waals surface area contributed by atoms with Crippen molar-refractivity contribution >= 4 is 11.0 Å². The first-order chi connectivity index (χ1) is 7.68. The van der Waals surface area contributed by atoms with Crippen molar-refractivity contribution in [2.24, 2.45) is 0 Å². The number of benzene rings is 1. The molecule has 1 heterocycles. The summed E-state index contributed by atoms with van der Waals surface area (Å²) in [5, 5.41) is 10.1. The summed E-state index contributed by atoms with van der Waals surface area (Å²) in [6, 6.07) is 5.65. The Hall–Kier alpha value is -1.74. The Balaban J connectivity index is 2.47. The summed E-state index contributed by atoms with van der Waals surface area (Å²) in [4.78, 5) is 8.46. The molecule has 2 rings (SSSR count). The second-order valence-electron chi connectivity index (χ2n) is 3.95. The number of aromatic nitrogens is 2. The van der Waals surface area contributed by atoms with Crippen molar-refractivity contribution < 1.29 is 5.11 Å². The van der Waals surface area contributed by atoms with E-state index in [1.807, 2.05) is 25.1 Å². The molecule has 0 fully saturated rings. The second-order valence-corrected chi connectivity index (χ2v) is 3.95. The van der Waals surface area contributed by atoms with E-state index in [0.717, 1.165) is 22.2 Å². The van der Waals surface area contributed by atoms with Crippen LogP contribution in [0.1, 0.15) is 25.0 Å². The van der Waals surface area contributed by atoms with E-state index < -0.39 is 6.10 Å². The Labute approximate surface area is 94.5 Å². The van der Waals surface area contributed by atoms with Gasteiger partial charge in [0.1, 0.15) is 0 Å². The molecular formula is C13H14N2O. The normalized spacial score (nSPS) is 12.6. The van der Waals surface area contributed by atoms with E-state index in [1.165, 1.54) is 0 Å². The quantitative estimate of drug-likeness (QED) is 0.799. The van der Waals surface area contributed by atoms with E-state index in [4.69, 9.17) is 0 Å². The van der Waals surface area contributed by atoms with Gasteiger partial charge in [0.25, 0.3) is 0 Å². The van der Waals surface area contributed by atoms with Gasteiger partial charge >= 0.3 is 0 Å². The predicted octanol–water partition coefficient (Wildman–Crippen LogP) is 2.63. The minimum absolute atomic E-state index is 0.551. The van der Waals surface area contributed by atoms with Crippen LogP contribution >= 0.6 is 0 Å². The Kier molecular flexibility index (Phi) is 2.97. The maximum absolute atomic E-state index is 10.1. The van der Waals surface area contributed by atoms with Gasteiger partial charge in [0.15, 0.2) is 0 Å². The molecule has 1 atom stereocenters. The largest absolute Gasteiger partial charge is 0.388 e. The number of rotatable bonds is 3. The van der Waals surface area contributed by atoms with Gasteiger partial charge in [-0.05, 0) is 19.4 Å². The molecular weight excluding hydrogens is 200 g/mol. The van der Waals surface area contributed by atoms with Crippen molar-refractivity contribution in [3.05, 3.63) is 48.3 Å². The lowest BCUT2D eigenvalue weighted by molar-refractivity contribution is 0.180. The first-order valence-electron chi connectivity index (χ1n) is 5.20. The molecule has 0 aliphatic rings. The average Bonchev–Trinajstić information content (AvgIpc) is 2.27. The van der Waals surface area contributed by atoms with Gasteiger partial charge in [-0.15, -0.1) is 6.58 Å². The van der Waals surface area contributed by atoms with Crippen LogP contribution in [0.4, 0.5) is 0 Å². The number of aliphatic hydroxyl groups is 1. The van der Waals surface area contributed by atoms with E-state index in [1.54, 1.807) is 12.4 Å². The van der Waals surface area contributed by atoms with E-state index in [0.29, 0.717) is 6.42 Å². The van der Waals surface area contributed by atoms with Crippen LogP contribution in [0.15, 0.2) is 42.7 Å². The van der Waals surface area contributed by atoms with Gasteiger partial charge in [-0.25, -0.2) is 0 Å². The molecule has 82 valence electrons. The number of nitrogens with zero attached hydrogens (tertiary/aromatic N) is 2. The lowest BCUT2D eigenvalue weighted by Crippen LogP contribution is -2.00. The number of aliphatic hydroxyl groups excluding tert-OH is 1. The Morgan fingerprint density at radius 1 is 1.38 bits per heavy atom. The smallest absolute Gasteiger partial charge is 0.0944 e. The van der Waals surface area contributed by atoms with Gasteiger partial charge in [-0.1, -0.05) is 17.7 Å². The summed E-state index contributed by atoms with van der Waals surface area (Å²) in [6.07, 6.45) is 3.28. The molecule has 0 spiro atoms. The zero-order valence-electron chi connectivity index (χ0n) is 9.22. The van der Waals surface area contributed by atoms with Crippen LogP contribution in [0.25, 0.3) is 11.0 Å². The second kappa shape index (κ2) is 4.41. The molecule has 0 bridgehead atoms. The van der Waals surface area contributed by atoms with Crippen molar-refractivity contribution in [2.75, 3.05) is 0 Å². The third-order valence-corrected chi connectivity index (χ3v) is 2.43. The lowest BCUT2D eigenvalue weighted by Gasteiger charge is -2.12.